The van der Waals surface area contributed by atoms with Gasteiger partial charge in [-0.25, -0.2) is 0 Å². The summed E-state index contributed by atoms with van der Waals surface area (Å²) in [6.07, 6.45) is 3.37. The Bertz CT molecular complexity index is 772. The topological polar surface area (TPSA) is 109 Å². The van der Waals surface area contributed by atoms with Gasteiger partial charge in [-0.05, 0) is 69.1 Å². The second-order valence-corrected chi connectivity index (χ2v) is 8.89. The molecule has 0 spiro atoms. The molecular formula is C24H34O7. The second kappa shape index (κ2) is 9.88. The van der Waals surface area contributed by atoms with E-state index in [-0.39, 0.29) is 6.10 Å². The van der Waals surface area contributed by atoms with E-state index < -0.39 is 37.1 Å². The zero-order valence-electron chi connectivity index (χ0n) is 18.1. The molecule has 4 N–H and O–H groups in total. The van der Waals surface area contributed by atoms with Crippen LogP contribution in [0.15, 0.2) is 29.3 Å². The highest BCUT2D eigenvalue weighted by Gasteiger charge is 2.44. The van der Waals surface area contributed by atoms with Gasteiger partial charge >= 0.3 is 0 Å². The minimum absolute atomic E-state index is 0.0877. The maximum Gasteiger partial charge on any atom is 0.161 e. The fourth-order valence-corrected chi connectivity index (χ4v) is 5.09. The van der Waals surface area contributed by atoms with Gasteiger partial charge in [0.1, 0.15) is 30.5 Å². The number of allylic oxidation sites excluding steroid dienone is 2. The molecule has 3 aliphatic rings. The standard InChI is InChI=1S/C24H34O7/c1-29-18-11-8-16(24-23(28)22(27)21(26)20(13-25)31-24)12-19(18)30-17-9-6-15(7-10-17)14-4-2-3-5-14/h8,11-12,17,20-28H,2-7,9-10,13H2,1H3/t20-,21-,22+,23-,24+/m1/s1. The number of hydrogen-bond acceptors (Lipinski definition) is 7. The van der Waals surface area contributed by atoms with Gasteiger partial charge in [0.2, 0.25) is 0 Å². The Morgan fingerprint density at radius 2 is 1.58 bits per heavy atom. The molecule has 2 aliphatic carbocycles. The molecule has 1 aromatic rings. The molecule has 3 fully saturated rings. The lowest BCUT2D eigenvalue weighted by molar-refractivity contribution is -0.231. The van der Waals surface area contributed by atoms with Crippen LogP contribution in [0.4, 0.5) is 0 Å². The lowest BCUT2D eigenvalue weighted by atomic mass is 9.88. The van der Waals surface area contributed by atoms with Crippen LogP contribution in [0, 0.1) is 0 Å². The molecule has 5 atom stereocenters. The van der Waals surface area contributed by atoms with E-state index in [2.05, 4.69) is 0 Å². The minimum Gasteiger partial charge on any atom is -0.493 e. The highest BCUT2D eigenvalue weighted by Crippen LogP contribution is 2.40. The predicted octanol–water partition coefficient (Wildman–Crippen LogP) is 2.40. The van der Waals surface area contributed by atoms with Crippen molar-refractivity contribution in [3.63, 3.8) is 0 Å². The minimum atomic E-state index is -1.41. The normalized spacial score (nSPS) is 34.1. The fourth-order valence-electron chi connectivity index (χ4n) is 5.09. The van der Waals surface area contributed by atoms with Crippen LogP contribution in [0.2, 0.25) is 0 Å². The molecule has 172 valence electrons. The summed E-state index contributed by atoms with van der Waals surface area (Å²) < 4.78 is 17.5. The van der Waals surface area contributed by atoms with Gasteiger partial charge in [-0.3, -0.25) is 0 Å². The van der Waals surface area contributed by atoms with Crippen molar-refractivity contribution in [2.45, 2.75) is 88.0 Å². The fraction of sp³-hybridized carbons (Fsp3) is 0.667. The smallest absolute Gasteiger partial charge is 0.161 e. The van der Waals surface area contributed by atoms with Crippen molar-refractivity contribution in [2.24, 2.45) is 0 Å². The first-order valence-corrected chi connectivity index (χ1v) is 11.4. The predicted molar refractivity (Wildman–Crippen MR) is 114 cm³/mol. The molecule has 7 nitrogen and oxygen atoms in total. The van der Waals surface area contributed by atoms with E-state index >= 15 is 0 Å². The maximum atomic E-state index is 10.5. The van der Waals surface area contributed by atoms with Gasteiger partial charge in [0.05, 0.1) is 19.8 Å². The highest BCUT2D eigenvalue weighted by molar-refractivity contribution is 5.44. The van der Waals surface area contributed by atoms with E-state index in [9.17, 15) is 20.4 Å². The van der Waals surface area contributed by atoms with Crippen molar-refractivity contribution >= 4 is 0 Å². The molecule has 0 amide bonds. The maximum absolute atomic E-state index is 10.5. The van der Waals surface area contributed by atoms with Crippen molar-refractivity contribution in [1.82, 2.24) is 0 Å². The number of methoxy groups -OCH3 is 1. The molecule has 0 bridgehead atoms. The molecule has 31 heavy (non-hydrogen) atoms. The third-order valence-electron chi connectivity index (χ3n) is 6.95. The van der Waals surface area contributed by atoms with Gasteiger partial charge in [0, 0.05) is 0 Å². The summed E-state index contributed by atoms with van der Waals surface area (Å²) in [6.45, 7) is -0.457. The van der Waals surface area contributed by atoms with Gasteiger partial charge in [0.15, 0.2) is 11.5 Å². The Hall–Kier alpha value is -1.64. The van der Waals surface area contributed by atoms with E-state index in [0.29, 0.717) is 17.1 Å². The molecule has 0 aromatic heterocycles. The van der Waals surface area contributed by atoms with Gasteiger partial charge in [-0.2, -0.15) is 0 Å². The van der Waals surface area contributed by atoms with E-state index in [1.807, 2.05) is 0 Å². The quantitative estimate of drug-likeness (QED) is 0.527. The molecule has 4 rings (SSSR count). The van der Waals surface area contributed by atoms with Crippen molar-refractivity contribution in [3.8, 4) is 11.5 Å². The molecule has 1 heterocycles. The summed E-state index contributed by atoms with van der Waals surface area (Å²) in [6, 6.07) is 5.25. The number of rotatable bonds is 5. The average Bonchev–Trinajstić information content (AvgIpc) is 3.33. The summed E-state index contributed by atoms with van der Waals surface area (Å²) in [5, 5.41) is 40.1. The van der Waals surface area contributed by atoms with Crippen LogP contribution in [0.1, 0.15) is 63.0 Å². The van der Waals surface area contributed by atoms with Crippen molar-refractivity contribution in [2.75, 3.05) is 13.7 Å². The van der Waals surface area contributed by atoms with Gasteiger partial charge < -0.3 is 34.6 Å². The van der Waals surface area contributed by atoms with E-state index in [4.69, 9.17) is 14.2 Å². The van der Waals surface area contributed by atoms with Crippen LogP contribution < -0.4 is 9.47 Å². The van der Waals surface area contributed by atoms with Crippen LogP contribution >= 0.6 is 0 Å². The van der Waals surface area contributed by atoms with Crippen LogP contribution in [-0.4, -0.2) is 64.7 Å². The first kappa shape index (κ1) is 22.6. The molecule has 1 saturated heterocycles. The third-order valence-corrected chi connectivity index (χ3v) is 6.95. The number of aliphatic hydroxyl groups excluding tert-OH is 4. The molecule has 0 unspecified atom stereocenters. The third kappa shape index (κ3) is 4.76. The van der Waals surface area contributed by atoms with Crippen molar-refractivity contribution in [3.05, 3.63) is 34.9 Å². The molecule has 0 radical (unpaired) electrons. The largest absolute Gasteiger partial charge is 0.493 e. The van der Waals surface area contributed by atoms with Crippen molar-refractivity contribution < 1.29 is 34.6 Å². The summed E-state index contributed by atoms with van der Waals surface area (Å²) in [4.78, 5) is 0. The van der Waals surface area contributed by atoms with Gasteiger partial charge in [0.25, 0.3) is 0 Å². The summed E-state index contributed by atoms with van der Waals surface area (Å²) in [7, 11) is 1.58. The summed E-state index contributed by atoms with van der Waals surface area (Å²) >= 11 is 0. The Labute approximate surface area is 183 Å². The lowest BCUT2D eigenvalue weighted by Crippen LogP contribution is -2.55. The Balaban J connectivity index is 1.48. The zero-order chi connectivity index (χ0) is 22.0. The monoisotopic (exact) mass is 434 g/mol. The first-order chi connectivity index (χ1) is 15.0. The SMILES string of the molecule is COc1ccc([C@@H]2O[C@H](CO)[C@@H](O)[C@H](O)[C@H]2O)cc1OC1CCC(=C2CCCC2)CC1. The van der Waals surface area contributed by atoms with E-state index in [1.165, 1.54) is 25.7 Å². The lowest BCUT2D eigenvalue weighted by Gasteiger charge is -2.40. The van der Waals surface area contributed by atoms with Crippen LogP contribution in [0.3, 0.4) is 0 Å². The molecule has 1 aliphatic heterocycles. The molecule has 7 heteroatoms. The Morgan fingerprint density at radius 1 is 0.903 bits per heavy atom. The number of hydrogen-bond donors (Lipinski definition) is 4. The zero-order valence-corrected chi connectivity index (χ0v) is 18.1. The number of aliphatic hydroxyl groups is 4. The first-order valence-electron chi connectivity index (χ1n) is 11.4. The van der Waals surface area contributed by atoms with Gasteiger partial charge in [-0.1, -0.05) is 17.2 Å². The second-order valence-electron chi connectivity index (χ2n) is 8.89. The van der Waals surface area contributed by atoms with Crippen molar-refractivity contribution in [1.29, 1.82) is 0 Å². The highest BCUT2D eigenvalue weighted by atomic mass is 16.5. The number of ether oxygens (including phenoxy) is 3. The molecular weight excluding hydrogens is 400 g/mol. The molecule has 2 saturated carbocycles. The Kier molecular flexibility index (Phi) is 7.19. The van der Waals surface area contributed by atoms with E-state index in [0.717, 1.165) is 25.7 Å². The van der Waals surface area contributed by atoms with Crippen LogP contribution in [0.5, 0.6) is 11.5 Å². The van der Waals surface area contributed by atoms with Gasteiger partial charge in [-0.15, -0.1) is 0 Å². The van der Waals surface area contributed by atoms with E-state index in [1.54, 1.807) is 36.5 Å². The van der Waals surface area contributed by atoms with Crippen LogP contribution in [0.25, 0.3) is 0 Å². The average molecular weight is 435 g/mol. The summed E-state index contributed by atoms with van der Waals surface area (Å²) in [5.74, 6) is 1.16. The molecule has 1 aromatic carbocycles. The summed E-state index contributed by atoms with van der Waals surface area (Å²) in [5.41, 5.74) is 3.89. The Morgan fingerprint density at radius 3 is 2.23 bits per heavy atom. The number of benzene rings is 1. The van der Waals surface area contributed by atoms with Crippen LogP contribution in [-0.2, 0) is 4.74 Å².